The summed E-state index contributed by atoms with van der Waals surface area (Å²) >= 11 is 2.92. The maximum Gasteiger partial charge on any atom is 0.230 e. The minimum absolute atomic E-state index is 0.102. The van der Waals surface area contributed by atoms with Crippen molar-refractivity contribution < 1.29 is 4.79 Å². The molecule has 0 unspecified atom stereocenters. The minimum atomic E-state index is -0.102. The van der Waals surface area contributed by atoms with Gasteiger partial charge in [-0.3, -0.25) is 4.79 Å². The van der Waals surface area contributed by atoms with Crippen LogP contribution in [0.4, 0.5) is 0 Å². The summed E-state index contributed by atoms with van der Waals surface area (Å²) in [5.74, 6) is -0.102. The van der Waals surface area contributed by atoms with Crippen LogP contribution in [0.25, 0.3) is 0 Å². The van der Waals surface area contributed by atoms with Gasteiger partial charge < -0.3 is 5.32 Å². The lowest BCUT2D eigenvalue weighted by molar-refractivity contribution is -0.117. The molecule has 0 aromatic rings. The molecule has 3 heteroatoms. The van der Waals surface area contributed by atoms with E-state index in [4.69, 9.17) is 0 Å². The zero-order valence-electron chi connectivity index (χ0n) is 3.20. The van der Waals surface area contributed by atoms with Crippen molar-refractivity contribution in [1.82, 2.24) is 5.32 Å². The Bertz CT molecular complexity index is 48.8. The monoisotopic (exact) mass is 150 g/mol. The third kappa shape index (κ3) is 2.20. The van der Waals surface area contributed by atoms with Gasteiger partial charge in [-0.2, -0.15) is 0 Å². The summed E-state index contributed by atoms with van der Waals surface area (Å²) in [5.41, 5.74) is 0. The molecule has 0 rings (SSSR count). The van der Waals surface area contributed by atoms with Gasteiger partial charge in [0.25, 0.3) is 0 Å². The normalized spacial score (nSPS) is 7.67. The number of carbonyl (C=O) groups excluding carboxylic acids is 1. The molecule has 0 aliphatic rings. The molecular weight excluding hydrogens is 146 g/mol. The fraction of sp³-hybridized carbons (Fsp3) is 0.333. The van der Waals surface area contributed by atoms with Gasteiger partial charge in [0.05, 0.1) is 5.33 Å². The molecule has 0 aliphatic heterocycles. The van der Waals surface area contributed by atoms with E-state index in [1.165, 1.54) is 0 Å². The van der Waals surface area contributed by atoms with Gasteiger partial charge in [0.15, 0.2) is 0 Å². The Morgan fingerprint density at radius 1 is 2.00 bits per heavy atom. The minimum Gasteiger partial charge on any atom is -0.354 e. The quantitative estimate of drug-likeness (QED) is 0.536. The van der Waals surface area contributed by atoms with Crippen molar-refractivity contribution >= 4 is 21.8 Å². The molecule has 0 saturated carbocycles. The van der Waals surface area contributed by atoms with Crippen LogP contribution in [-0.4, -0.2) is 11.2 Å². The smallest absolute Gasteiger partial charge is 0.230 e. The van der Waals surface area contributed by atoms with Crippen molar-refractivity contribution in [3.8, 4) is 0 Å². The first-order chi connectivity index (χ1) is 2.81. The highest BCUT2D eigenvalue weighted by atomic mass is 79.9. The number of carbonyl (C=O) groups is 1. The summed E-state index contributed by atoms with van der Waals surface area (Å²) < 4.78 is 0. The van der Waals surface area contributed by atoms with Crippen molar-refractivity contribution in [1.29, 1.82) is 0 Å². The molecule has 6 heavy (non-hydrogen) atoms. The fourth-order valence-electron chi connectivity index (χ4n) is 0.0472. The zero-order valence-corrected chi connectivity index (χ0v) is 4.79. The second kappa shape index (κ2) is 3.15. The van der Waals surface area contributed by atoms with Gasteiger partial charge in [-0.05, 0) is 0 Å². The van der Waals surface area contributed by atoms with Crippen LogP contribution >= 0.6 is 15.9 Å². The molecule has 0 saturated heterocycles. The SMILES string of the molecule is [CH2]NC(=O)CBr. The molecule has 1 amide bonds. The molecule has 1 N–H and O–H groups in total. The first kappa shape index (κ1) is 5.95. The molecule has 0 aromatic heterocycles. The number of nitrogens with one attached hydrogen (secondary N) is 1. The number of alkyl halides is 1. The molecule has 0 fully saturated rings. The van der Waals surface area contributed by atoms with E-state index < -0.39 is 0 Å². The second-order valence-electron chi connectivity index (χ2n) is 0.734. The summed E-state index contributed by atoms with van der Waals surface area (Å²) in [7, 11) is 3.13. The van der Waals surface area contributed by atoms with Gasteiger partial charge in [0.1, 0.15) is 0 Å². The topological polar surface area (TPSA) is 29.1 Å². The van der Waals surface area contributed by atoms with Crippen molar-refractivity contribution in [2.45, 2.75) is 0 Å². The lowest BCUT2D eigenvalue weighted by Crippen LogP contribution is -2.15. The molecule has 0 heterocycles. The van der Waals surface area contributed by atoms with Gasteiger partial charge in [-0.1, -0.05) is 15.9 Å². The Morgan fingerprint density at radius 2 is 2.50 bits per heavy atom. The number of hydrogen-bond acceptors (Lipinski definition) is 1. The Morgan fingerprint density at radius 3 is 2.50 bits per heavy atom. The summed E-state index contributed by atoms with van der Waals surface area (Å²) in [5, 5.41) is 2.51. The lowest BCUT2D eigenvalue weighted by Gasteiger charge is -1.85. The predicted octanol–water partition coefficient (Wildman–Crippen LogP) is 0.289. The third-order valence-electron chi connectivity index (χ3n) is 0.319. The Labute approximate surface area is 45.0 Å². The van der Waals surface area contributed by atoms with Crippen molar-refractivity contribution in [3.05, 3.63) is 7.05 Å². The molecule has 35 valence electrons. The van der Waals surface area contributed by atoms with E-state index in [2.05, 4.69) is 28.3 Å². The highest BCUT2D eigenvalue weighted by Gasteiger charge is 1.86. The highest BCUT2D eigenvalue weighted by molar-refractivity contribution is 9.09. The third-order valence-corrected chi connectivity index (χ3v) is 0.828. The molecule has 2 nitrogen and oxygen atoms in total. The summed E-state index contributed by atoms with van der Waals surface area (Å²) in [4.78, 5) is 9.96. The maximum atomic E-state index is 9.96. The van der Waals surface area contributed by atoms with E-state index in [9.17, 15) is 4.79 Å². The van der Waals surface area contributed by atoms with Crippen LogP contribution in [0.15, 0.2) is 0 Å². The van der Waals surface area contributed by atoms with Gasteiger partial charge in [0.2, 0.25) is 5.91 Å². The van der Waals surface area contributed by atoms with Crippen LogP contribution in [0.1, 0.15) is 0 Å². The van der Waals surface area contributed by atoms with E-state index in [-0.39, 0.29) is 5.91 Å². The van der Waals surface area contributed by atoms with E-state index in [0.717, 1.165) is 0 Å². The van der Waals surface area contributed by atoms with Crippen LogP contribution in [0.5, 0.6) is 0 Å². The van der Waals surface area contributed by atoms with Crippen molar-refractivity contribution in [2.24, 2.45) is 0 Å². The average Bonchev–Trinajstić information content (AvgIpc) is 1.65. The molecule has 0 aliphatic carbocycles. The first-order valence-electron chi connectivity index (χ1n) is 1.43. The first-order valence-corrected chi connectivity index (χ1v) is 2.55. The number of halogens is 1. The van der Waals surface area contributed by atoms with E-state index in [1.54, 1.807) is 0 Å². The maximum absolute atomic E-state index is 9.96. The van der Waals surface area contributed by atoms with Gasteiger partial charge in [-0.25, -0.2) is 0 Å². The van der Waals surface area contributed by atoms with Crippen LogP contribution in [-0.2, 0) is 4.79 Å². The summed E-state index contributed by atoms with van der Waals surface area (Å²) in [6.07, 6.45) is 0. The summed E-state index contributed by atoms with van der Waals surface area (Å²) in [6.45, 7) is 0. The highest BCUT2D eigenvalue weighted by Crippen LogP contribution is 1.74. The van der Waals surface area contributed by atoms with Gasteiger partial charge >= 0.3 is 0 Å². The average molecular weight is 151 g/mol. The Balaban J connectivity index is 2.99. The molecule has 0 bridgehead atoms. The molecule has 0 aromatic carbocycles. The summed E-state index contributed by atoms with van der Waals surface area (Å²) in [6, 6.07) is 0. The van der Waals surface area contributed by atoms with Crippen molar-refractivity contribution in [2.75, 3.05) is 5.33 Å². The van der Waals surface area contributed by atoms with Crippen molar-refractivity contribution in [3.63, 3.8) is 0 Å². The molecular formula is C3H5BrNO. The zero-order chi connectivity index (χ0) is 4.99. The van der Waals surface area contributed by atoms with Gasteiger partial charge in [-0.15, -0.1) is 0 Å². The molecule has 0 atom stereocenters. The predicted molar refractivity (Wildman–Crippen MR) is 27.3 cm³/mol. The Kier molecular flexibility index (Phi) is 3.13. The number of hydrogen-bond donors (Lipinski definition) is 1. The van der Waals surface area contributed by atoms with Gasteiger partial charge in [0, 0.05) is 7.05 Å². The fourth-order valence-corrected chi connectivity index (χ4v) is 0.245. The van der Waals surface area contributed by atoms with Crippen LogP contribution in [0.2, 0.25) is 0 Å². The van der Waals surface area contributed by atoms with E-state index in [0.29, 0.717) is 5.33 Å². The number of amides is 1. The number of rotatable bonds is 1. The lowest BCUT2D eigenvalue weighted by atomic mass is 10.7. The second-order valence-corrected chi connectivity index (χ2v) is 1.29. The molecule has 0 spiro atoms. The van der Waals surface area contributed by atoms with E-state index in [1.807, 2.05) is 0 Å². The molecule has 1 radical (unpaired) electrons. The van der Waals surface area contributed by atoms with Crippen LogP contribution < -0.4 is 5.32 Å². The Hall–Kier alpha value is -0.0500. The standard InChI is InChI=1S/C3H5BrNO/c1-5-3(6)2-4/h1-2H2,(H,5,6). The van der Waals surface area contributed by atoms with Crippen LogP contribution in [0, 0.1) is 7.05 Å². The van der Waals surface area contributed by atoms with E-state index >= 15 is 0 Å². The largest absolute Gasteiger partial charge is 0.354 e. The van der Waals surface area contributed by atoms with Crippen LogP contribution in [0.3, 0.4) is 0 Å².